The van der Waals surface area contributed by atoms with E-state index < -0.39 is 74.1 Å². The van der Waals surface area contributed by atoms with Crippen molar-refractivity contribution in [3.63, 3.8) is 0 Å². The van der Waals surface area contributed by atoms with Gasteiger partial charge in [0.05, 0.1) is 44.2 Å². The van der Waals surface area contributed by atoms with Gasteiger partial charge in [-0.3, -0.25) is 0 Å². The summed E-state index contributed by atoms with van der Waals surface area (Å²) in [5, 5.41) is 59.1. The number of ether oxygens (including phenoxy) is 4. The third-order valence-electron chi connectivity index (χ3n) is 5.27. The lowest BCUT2D eigenvalue weighted by atomic mass is 9.82. The summed E-state index contributed by atoms with van der Waals surface area (Å²) >= 11 is 0. The Labute approximate surface area is 160 Å². The predicted molar refractivity (Wildman–Crippen MR) is 88.0 cm³/mol. The molecule has 0 unspecified atom stereocenters. The first kappa shape index (κ1) is 21.1. The van der Waals surface area contributed by atoms with Crippen LogP contribution in [0.15, 0.2) is 23.5 Å². The first-order chi connectivity index (χ1) is 13.3. The van der Waals surface area contributed by atoms with E-state index in [1.54, 1.807) is 0 Å². The first-order valence-electron chi connectivity index (χ1n) is 8.73. The summed E-state index contributed by atoms with van der Waals surface area (Å²) in [5.41, 5.74) is 0.398. The van der Waals surface area contributed by atoms with Crippen molar-refractivity contribution >= 4 is 5.97 Å². The molecule has 9 atom stereocenters. The molecule has 3 rings (SSSR count). The second kappa shape index (κ2) is 8.43. The lowest BCUT2D eigenvalue weighted by molar-refractivity contribution is -0.340. The van der Waals surface area contributed by atoms with E-state index in [-0.39, 0.29) is 5.57 Å². The molecular weight excluding hydrogens is 380 g/mol. The minimum atomic E-state index is -1.65. The molecule has 1 fully saturated rings. The third-order valence-corrected chi connectivity index (χ3v) is 5.27. The lowest BCUT2D eigenvalue weighted by Crippen LogP contribution is -2.60. The zero-order chi connectivity index (χ0) is 20.6. The molecule has 2 heterocycles. The fourth-order valence-corrected chi connectivity index (χ4v) is 3.79. The summed E-state index contributed by atoms with van der Waals surface area (Å²) < 4.78 is 21.1. The van der Waals surface area contributed by atoms with E-state index in [0.29, 0.717) is 5.57 Å². The van der Waals surface area contributed by atoms with Gasteiger partial charge in [0, 0.05) is 5.92 Å². The normalized spacial score (nSPS) is 42.9. The van der Waals surface area contributed by atoms with Crippen LogP contribution in [0.4, 0.5) is 0 Å². The zero-order valence-electron chi connectivity index (χ0n) is 15.0. The molecule has 0 saturated carbocycles. The van der Waals surface area contributed by atoms with E-state index in [1.807, 2.05) is 0 Å². The second-order valence-corrected chi connectivity index (χ2v) is 6.84. The van der Waals surface area contributed by atoms with Crippen LogP contribution < -0.4 is 0 Å². The first-order valence-corrected chi connectivity index (χ1v) is 8.73. The molecule has 6 N–H and O–H groups in total. The number of methoxy groups -OCH3 is 1. The van der Waals surface area contributed by atoms with Crippen molar-refractivity contribution in [2.24, 2.45) is 11.8 Å². The van der Waals surface area contributed by atoms with E-state index in [4.69, 9.17) is 18.9 Å². The van der Waals surface area contributed by atoms with Crippen molar-refractivity contribution < 1.29 is 54.4 Å². The molecule has 0 radical (unpaired) electrons. The summed E-state index contributed by atoms with van der Waals surface area (Å²) in [6.07, 6.45) is -7.36. The zero-order valence-corrected chi connectivity index (χ0v) is 15.0. The van der Waals surface area contributed by atoms with Crippen LogP contribution in [0.1, 0.15) is 0 Å². The molecule has 1 aliphatic carbocycles. The van der Waals surface area contributed by atoms with E-state index in [9.17, 15) is 35.4 Å². The van der Waals surface area contributed by atoms with Crippen molar-refractivity contribution in [1.82, 2.24) is 0 Å². The maximum atomic E-state index is 12.0. The van der Waals surface area contributed by atoms with Gasteiger partial charge in [-0.2, -0.15) is 0 Å². The van der Waals surface area contributed by atoms with Gasteiger partial charge in [-0.25, -0.2) is 4.79 Å². The molecule has 11 heteroatoms. The van der Waals surface area contributed by atoms with Gasteiger partial charge in [-0.1, -0.05) is 6.08 Å². The Hall–Kier alpha value is -1.57. The van der Waals surface area contributed by atoms with Gasteiger partial charge in [0.2, 0.25) is 6.29 Å². The van der Waals surface area contributed by atoms with Crippen LogP contribution in [0.2, 0.25) is 0 Å². The smallest absolute Gasteiger partial charge is 0.337 e. The summed E-state index contributed by atoms with van der Waals surface area (Å²) in [5.74, 6) is -2.34. The van der Waals surface area contributed by atoms with Crippen molar-refractivity contribution in [3.8, 4) is 0 Å². The molecule has 0 aromatic rings. The molecule has 0 aromatic carbocycles. The summed E-state index contributed by atoms with van der Waals surface area (Å²) in [6.45, 7) is -1.07. The number of hydrogen-bond donors (Lipinski definition) is 6. The van der Waals surface area contributed by atoms with Crippen molar-refractivity contribution in [1.29, 1.82) is 0 Å². The molecule has 28 heavy (non-hydrogen) atoms. The Morgan fingerprint density at radius 3 is 2.39 bits per heavy atom. The highest BCUT2D eigenvalue weighted by Gasteiger charge is 2.52. The number of aliphatic hydroxyl groups is 6. The Bertz CT molecular complexity index is 645. The lowest BCUT2D eigenvalue weighted by Gasteiger charge is -2.43. The minimum Gasteiger partial charge on any atom is -0.471 e. The van der Waals surface area contributed by atoms with Crippen LogP contribution in [0.3, 0.4) is 0 Å². The average Bonchev–Trinajstić information content (AvgIpc) is 3.05. The fraction of sp³-hybridized carbons (Fsp3) is 0.706. The van der Waals surface area contributed by atoms with E-state index in [2.05, 4.69) is 0 Å². The number of carbonyl (C=O) groups excluding carboxylic acids is 1. The van der Waals surface area contributed by atoms with Gasteiger partial charge in [0.1, 0.15) is 24.4 Å². The fourth-order valence-electron chi connectivity index (χ4n) is 3.79. The van der Waals surface area contributed by atoms with Gasteiger partial charge in [0.15, 0.2) is 6.29 Å². The molecule has 0 spiro atoms. The van der Waals surface area contributed by atoms with Crippen LogP contribution in [0.5, 0.6) is 0 Å². The Kier molecular flexibility index (Phi) is 6.37. The molecular formula is C17H24O11. The number of hydrogen-bond acceptors (Lipinski definition) is 11. The second-order valence-electron chi connectivity index (χ2n) is 6.84. The maximum Gasteiger partial charge on any atom is 0.337 e. The van der Waals surface area contributed by atoms with Gasteiger partial charge in [-0.05, 0) is 5.57 Å². The number of rotatable bonds is 5. The number of fused-ring (bicyclic) bond motifs is 1. The van der Waals surface area contributed by atoms with Crippen molar-refractivity contribution in [2.75, 3.05) is 20.3 Å². The molecule has 3 aliphatic rings. The predicted octanol–water partition coefficient (Wildman–Crippen LogP) is -3.26. The molecule has 0 bridgehead atoms. The molecule has 0 amide bonds. The standard InChI is InChI=1S/C17H24O11/c1-25-15(24)7-5-26-16(10-6(3-18)2-8(20)11(7)10)28-17-14(23)13(22)12(21)9(4-19)27-17/h2,5,8-14,16-23H,3-4H2,1H3/t8-,9+,10-,11+,12-,13-,14-,16+,17+/m1/s1. The summed E-state index contributed by atoms with van der Waals surface area (Å²) in [7, 11) is 1.18. The average molecular weight is 404 g/mol. The van der Waals surface area contributed by atoms with Gasteiger partial charge >= 0.3 is 5.97 Å². The maximum absolute atomic E-state index is 12.0. The van der Waals surface area contributed by atoms with E-state index in [0.717, 1.165) is 6.26 Å². The van der Waals surface area contributed by atoms with Gasteiger partial charge in [-0.15, -0.1) is 0 Å². The topological polar surface area (TPSA) is 175 Å². The molecule has 1 saturated heterocycles. The molecule has 11 nitrogen and oxygen atoms in total. The van der Waals surface area contributed by atoms with Crippen LogP contribution in [-0.2, 0) is 23.7 Å². The molecule has 0 aromatic heterocycles. The Morgan fingerprint density at radius 2 is 1.79 bits per heavy atom. The van der Waals surface area contributed by atoms with E-state index >= 15 is 0 Å². The number of aliphatic hydroxyl groups excluding tert-OH is 6. The van der Waals surface area contributed by atoms with Crippen LogP contribution in [-0.4, -0.2) is 100 Å². The monoisotopic (exact) mass is 404 g/mol. The van der Waals surface area contributed by atoms with Crippen LogP contribution >= 0.6 is 0 Å². The highest BCUT2D eigenvalue weighted by atomic mass is 16.8. The SMILES string of the molecule is COC(=O)C1=CO[C@@H](O[C@@H]2O[C@@H](CO)[C@@H](O)[C@@H](O)[C@H]2O)[C@@H]2C(CO)=C[C@@H](O)[C@H]12. The van der Waals surface area contributed by atoms with E-state index in [1.165, 1.54) is 13.2 Å². The van der Waals surface area contributed by atoms with Gasteiger partial charge in [0.25, 0.3) is 0 Å². The number of carbonyl (C=O) groups is 1. The van der Waals surface area contributed by atoms with Gasteiger partial charge < -0.3 is 49.6 Å². The minimum absolute atomic E-state index is 0.0494. The quantitative estimate of drug-likeness (QED) is 0.200. The molecule has 158 valence electrons. The molecule has 2 aliphatic heterocycles. The van der Waals surface area contributed by atoms with Crippen molar-refractivity contribution in [3.05, 3.63) is 23.5 Å². The Morgan fingerprint density at radius 1 is 1.07 bits per heavy atom. The third kappa shape index (κ3) is 3.55. The van der Waals surface area contributed by atoms with Crippen LogP contribution in [0.25, 0.3) is 0 Å². The largest absolute Gasteiger partial charge is 0.471 e. The Balaban J connectivity index is 1.84. The van der Waals surface area contributed by atoms with Crippen LogP contribution in [0, 0.1) is 11.8 Å². The number of esters is 1. The highest BCUT2D eigenvalue weighted by Crippen LogP contribution is 2.44. The highest BCUT2D eigenvalue weighted by molar-refractivity contribution is 5.89. The van der Waals surface area contributed by atoms with Crippen molar-refractivity contribution in [2.45, 2.75) is 43.1 Å². The summed E-state index contributed by atoms with van der Waals surface area (Å²) in [6, 6.07) is 0. The summed E-state index contributed by atoms with van der Waals surface area (Å²) in [4.78, 5) is 12.0.